The maximum Gasteiger partial charge on any atom is 0.269 e. The average Bonchev–Trinajstić information content (AvgIpc) is 2.83. The first-order valence-electron chi connectivity index (χ1n) is 5.12. The van der Waals surface area contributed by atoms with E-state index in [1.54, 1.807) is 0 Å². The zero-order valence-corrected chi connectivity index (χ0v) is 10.3. The zero-order valence-electron chi connectivity index (χ0n) is 9.52. The van der Waals surface area contributed by atoms with Gasteiger partial charge in [0.1, 0.15) is 9.88 Å². The summed E-state index contributed by atoms with van der Waals surface area (Å²) in [5.41, 5.74) is 6.44. The van der Waals surface area contributed by atoms with Crippen molar-refractivity contribution in [2.24, 2.45) is 5.73 Å². The van der Waals surface area contributed by atoms with Crippen molar-refractivity contribution < 1.29 is 4.52 Å². The average molecular weight is 238 g/mol. The first-order chi connectivity index (χ1) is 7.61. The minimum atomic E-state index is 0.264. The number of hydrogen-bond donors (Lipinski definition) is 1. The van der Waals surface area contributed by atoms with E-state index in [1.165, 1.54) is 11.3 Å². The molecule has 2 rings (SSSR count). The molecular weight excluding hydrogens is 224 g/mol. The Kier molecular flexibility index (Phi) is 3.02. The molecule has 2 N–H and O–H groups in total. The molecule has 16 heavy (non-hydrogen) atoms. The molecule has 0 saturated heterocycles. The second-order valence-electron chi connectivity index (χ2n) is 3.84. The van der Waals surface area contributed by atoms with Crippen LogP contribution >= 0.6 is 11.3 Å². The normalized spacial score (nSPS) is 11.3. The number of rotatable bonds is 3. The van der Waals surface area contributed by atoms with Crippen molar-refractivity contribution in [3.8, 4) is 10.8 Å². The summed E-state index contributed by atoms with van der Waals surface area (Å²) in [5, 5.41) is 4.82. The highest BCUT2D eigenvalue weighted by atomic mass is 32.1. The summed E-state index contributed by atoms with van der Waals surface area (Å²) in [7, 11) is 0. The summed E-state index contributed by atoms with van der Waals surface area (Å²) in [6.07, 6.45) is 0. The molecule has 0 aliphatic carbocycles. The van der Waals surface area contributed by atoms with Gasteiger partial charge in [-0.15, -0.1) is 11.3 Å². The van der Waals surface area contributed by atoms with Gasteiger partial charge in [0.2, 0.25) is 0 Å². The zero-order chi connectivity index (χ0) is 11.7. The fraction of sp³-hybridized carbons (Fsp3) is 0.500. The van der Waals surface area contributed by atoms with Gasteiger partial charge in [0.15, 0.2) is 5.82 Å². The molecule has 2 aromatic heterocycles. The lowest BCUT2D eigenvalue weighted by Gasteiger charge is -1.92. The molecule has 2 heterocycles. The number of hydrogen-bond acceptors (Lipinski definition) is 6. The molecule has 0 aliphatic heterocycles. The molecule has 0 unspecified atom stereocenters. The van der Waals surface area contributed by atoms with Crippen LogP contribution in [0.2, 0.25) is 0 Å². The van der Waals surface area contributed by atoms with E-state index in [0.717, 1.165) is 21.4 Å². The highest BCUT2D eigenvalue weighted by Gasteiger charge is 2.16. The van der Waals surface area contributed by atoms with Crippen molar-refractivity contribution in [3.63, 3.8) is 0 Å². The van der Waals surface area contributed by atoms with Gasteiger partial charge in [0.05, 0.1) is 5.69 Å². The molecule has 0 amide bonds. The number of thiazole rings is 1. The molecule has 6 heteroatoms. The number of nitrogens with zero attached hydrogens (tertiary/aromatic N) is 3. The predicted octanol–water partition coefficient (Wildman–Crippen LogP) is 2.08. The second-order valence-corrected chi connectivity index (χ2v) is 4.92. The monoisotopic (exact) mass is 238 g/mol. The largest absolute Gasteiger partial charge is 0.333 e. The smallest absolute Gasteiger partial charge is 0.269 e. The lowest BCUT2D eigenvalue weighted by atomic mass is 10.2. The van der Waals surface area contributed by atoms with E-state index in [2.05, 4.69) is 15.1 Å². The van der Waals surface area contributed by atoms with Crippen LogP contribution in [0.4, 0.5) is 0 Å². The van der Waals surface area contributed by atoms with Gasteiger partial charge in [-0.2, -0.15) is 4.98 Å². The van der Waals surface area contributed by atoms with E-state index in [-0.39, 0.29) is 5.92 Å². The summed E-state index contributed by atoms with van der Waals surface area (Å²) >= 11 is 1.51. The van der Waals surface area contributed by atoms with Gasteiger partial charge in [-0.3, -0.25) is 0 Å². The van der Waals surface area contributed by atoms with Crippen LogP contribution in [0.3, 0.4) is 0 Å². The maximum absolute atomic E-state index is 5.54. The van der Waals surface area contributed by atoms with E-state index in [1.807, 2.05) is 20.8 Å². The Morgan fingerprint density at radius 2 is 2.12 bits per heavy atom. The lowest BCUT2D eigenvalue weighted by Crippen LogP contribution is -1.94. The van der Waals surface area contributed by atoms with Crippen molar-refractivity contribution in [2.45, 2.75) is 33.2 Å². The van der Waals surface area contributed by atoms with E-state index in [0.29, 0.717) is 12.4 Å². The maximum atomic E-state index is 5.54. The van der Waals surface area contributed by atoms with E-state index < -0.39 is 0 Å². The first kappa shape index (κ1) is 11.2. The van der Waals surface area contributed by atoms with E-state index in [9.17, 15) is 0 Å². The molecule has 5 nitrogen and oxygen atoms in total. The Hall–Kier alpha value is -1.27. The fourth-order valence-electron chi connectivity index (χ4n) is 1.30. The van der Waals surface area contributed by atoms with Crippen LogP contribution in [-0.4, -0.2) is 15.1 Å². The van der Waals surface area contributed by atoms with Crippen LogP contribution < -0.4 is 5.73 Å². The fourth-order valence-corrected chi connectivity index (χ4v) is 2.16. The number of nitrogens with two attached hydrogens (primary N) is 1. The highest BCUT2D eigenvalue weighted by Crippen LogP contribution is 2.29. The highest BCUT2D eigenvalue weighted by molar-refractivity contribution is 7.15. The molecule has 0 saturated carbocycles. The molecule has 0 spiro atoms. The van der Waals surface area contributed by atoms with E-state index in [4.69, 9.17) is 10.3 Å². The third-order valence-electron chi connectivity index (χ3n) is 2.17. The van der Waals surface area contributed by atoms with Gasteiger partial charge in [-0.25, -0.2) is 4.98 Å². The van der Waals surface area contributed by atoms with Crippen molar-refractivity contribution >= 4 is 11.3 Å². The van der Waals surface area contributed by atoms with Gasteiger partial charge >= 0.3 is 0 Å². The van der Waals surface area contributed by atoms with Crippen LogP contribution in [0, 0.1) is 6.92 Å². The third-order valence-corrected chi connectivity index (χ3v) is 3.34. The topological polar surface area (TPSA) is 77.8 Å². The standard InChI is InChI=1S/C10H14N4OS/c1-5(2)9-13-10(15-14-9)8-6(3)12-7(4-11)16-8/h5H,4,11H2,1-3H3. The van der Waals surface area contributed by atoms with Crippen LogP contribution in [0.5, 0.6) is 0 Å². The number of aryl methyl sites for hydroxylation is 1. The van der Waals surface area contributed by atoms with Crippen molar-refractivity contribution in [1.29, 1.82) is 0 Å². The van der Waals surface area contributed by atoms with Crippen molar-refractivity contribution in [3.05, 3.63) is 16.5 Å². The molecule has 2 aromatic rings. The van der Waals surface area contributed by atoms with Crippen LogP contribution in [0.15, 0.2) is 4.52 Å². The Balaban J connectivity index is 2.38. The van der Waals surface area contributed by atoms with Gasteiger partial charge in [-0.1, -0.05) is 19.0 Å². The van der Waals surface area contributed by atoms with Crippen molar-refractivity contribution in [1.82, 2.24) is 15.1 Å². The Labute approximate surface area is 97.7 Å². The summed E-state index contributed by atoms with van der Waals surface area (Å²) in [6, 6.07) is 0. The molecule has 0 bridgehead atoms. The molecule has 0 aromatic carbocycles. The van der Waals surface area contributed by atoms with Crippen molar-refractivity contribution in [2.75, 3.05) is 0 Å². The minimum Gasteiger partial charge on any atom is -0.333 e. The molecule has 0 radical (unpaired) electrons. The molecule has 0 fully saturated rings. The Morgan fingerprint density at radius 1 is 1.38 bits per heavy atom. The summed E-state index contributed by atoms with van der Waals surface area (Å²) in [4.78, 5) is 9.58. The van der Waals surface area contributed by atoms with Crippen LogP contribution in [0.25, 0.3) is 10.8 Å². The van der Waals surface area contributed by atoms with Gasteiger partial charge in [0, 0.05) is 12.5 Å². The quantitative estimate of drug-likeness (QED) is 0.885. The Morgan fingerprint density at radius 3 is 2.62 bits per heavy atom. The predicted molar refractivity (Wildman–Crippen MR) is 62.1 cm³/mol. The first-order valence-corrected chi connectivity index (χ1v) is 5.93. The van der Waals surface area contributed by atoms with Crippen LogP contribution in [-0.2, 0) is 6.54 Å². The molecule has 86 valence electrons. The summed E-state index contributed by atoms with van der Waals surface area (Å²) < 4.78 is 5.22. The van der Waals surface area contributed by atoms with Gasteiger partial charge in [-0.05, 0) is 6.92 Å². The minimum absolute atomic E-state index is 0.264. The molecule has 0 atom stereocenters. The number of aromatic nitrogens is 3. The molecular formula is C10H14N4OS. The lowest BCUT2D eigenvalue weighted by molar-refractivity contribution is 0.420. The second kappa shape index (κ2) is 4.31. The molecule has 0 aliphatic rings. The third kappa shape index (κ3) is 1.98. The van der Waals surface area contributed by atoms with Crippen LogP contribution in [0.1, 0.15) is 36.3 Å². The SMILES string of the molecule is Cc1nc(CN)sc1-c1nc(C(C)C)no1. The van der Waals surface area contributed by atoms with Gasteiger partial charge < -0.3 is 10.3 Å². The summed E-state index contributed by atoms with van der Waals surface area (Å²) in [5.74, 6) is 1.52. The van der Waals surface area contributed by atoms with E-state index >= 15 is 0 Å². The Bertz CT molecular complexity index is 489. The summed E-state index contributed by atoms with van der Waals surface area (Å²) in [6.45, 7) is 6.42. The van der Waals surface area contributed by atoms with Gasteiger partial charge in [0.25, 0.3) is 5.89 Å².